The Kier molecular flexibility index (Phi) is 2.24. The molecular formula is C12H7F2NO. The topological polar surface area (TPSA) is 44.0 Å². The fraction of sp³-hybridized carbons (Fsp3) is 0.0833. The van der Waals surface area contributed by atoms with E-state index in [-0.39, 0.29) is 22.1 Å². The molecule has 2 nitrogen and oxygen atoms in total. The molecule has 0 heterocycles. The van der Waals surface area contributed by atoms with Crippen LogP contribution in [0.15, 0.2) is 18.2 Å². The average Bonchev–Trinajstić information content (AvgIpc) is 2.20. The zero-order valence-corrected chi connectivity index (χ0v) is 8.38. The third kappa shape index (κ3) is 1.38. The van der Waals surface area contributed by atoms with E-state index in [0.29, 0.717) is 11.6 Å². The Bertz CT molecular complexity index is 629. The third-order valence-electron chi connectivity index (χ3n) is 2.43. The number of aromatic hydroxyl groups is 1. The zero-order valence-electron chi connectivity index (χ0n) is 8.38. The summed E-state index contributed by atoms with van der Waals surface area (Å²) in [5, 5.41) is 18.4. The number of hydrogen-bond acceptors (Lipinski definition) is 2. The van der Waals surface area contributed by atoms with Gasteiger partial charge >= 0.3 is 0 Å². The number of rotatable bonds is 0. The lowest BCUT2D eigenvalue weighted by Gasteiger charge is -2.07. The van der Waals surface area contributed by atoms with Gasteiger partial charge in [0.1, 0.15) is 23.5 Å². The molecule has 2 rings (SSSR count). The summed E-state index contributed by atoms with van der Waals surface area (Å²) in [6.45, 7) is 1.59. The van der Waals surface area contributed by atoms with Gasteiger partial charge in [-0.05, 0) is 24.6 Å². The monoisotopic (exact) mass is 219 g/mol. The van der Waals surface area contributed by atoms with Gasteiger partial charge < -0.3 is 5.11 Å². The second-order valence-electron chi connectivity index (χ2n) is 3.51. The van der Waals surface area contributed by atoms with Crippen LogP contribution in [0, 0.1) is 29.9 Å². The van der Waals surface area contributed by atoms with Crippen LogP contribution >= 0.6 is 0 Å². The van der Waals surface area contributed by atoms with Crippen molar-refractivity contribution in [3.8, 4) is 11.8 Å². The first kappa shape index (κ1) is 10.4. The lowest BCUT2D eigenvalue weighted by atomic mass is 9.99. The van der Waals surface area contributed by atoms with Crippen LogP contribution < -0.4 is 0 Å². The van der Waals surface area contributed by atoms with E-state index in [2.05, 4.69) is 0 Å². The van der Waals surface area contributed by atoms with Crippen molar-refractivity contribution < 1.29 is 13.9 Å². The van der Waals surface area contributed by atoms with Crippen molar-refractivity contribution in [2.45, 2.75) is 6.92 Å². The Hall–Kier alpha value is -2.15. The summed E-state index contributed by atoms with van der Waals surface area (Å²) in [5.74, 6) is -1.79. The number of hydrogen-bond donors (Lipinski definition) is 1. The molecule has 0 unspecified atom stereocenters. The van der Waals surface area contributed by atoms with Gasteiger partial charge in [-0.15, -0.1) is 0 Å². The molecular weight excluding hydrogens is 212 g/mol. The summed E-state index contributed by atoms with van der Waals surface area (Å²) in [4.78, 5) is 0. The first-order chi connectivity index (χ1) is 7.54. The molecule has 80 valence electrons. The third-order valence-corrected chi connectivity index (χ3v) is 2.43. The standard InChI is InChI=1S/C12H7F2NO/c1-6-2-7(16)3-8-10(13)4-11(14)9(5-15)12(6)8/h2-4,16H,1H3. The van der Waals surface area contributed by atoms with Crippen molar-refractivity contribution in [1.29, 1.82) is 5.26 Å². The number of benzene rings is 2. The summed E-state index contributed by atoms with van der Waals surface area (Å²) < 4.78 is 26.8. The maximum atomic E-state index is 13.5. The van der Waals surface area contributed by atoms with Crippen LogP contribution in [-0.4, -0.2) is 5.11 Å². The van der Waals surface area contributed by atoms with E-state index >= 15 is 0 Å². The summed E-state index contributed by atoms with van der Waals surface area (Å²) in [5.41, 5.74) is 0.263. The molecule has 0 bridgehead atoms. The van der Waals surface area contributed by atoms with Crippen molar-refractivity contribution in [2.75, 3.05) is 0 Å². The molecule has 0 aliphatic carbocycles. The lowest BCUT2D eigenvalue weighted by Crippen LogP contribution is -1.93. The summed E-state index contributed by atoms with van der Waals surface area (Å²) in [6, 6.07) is 4.90. The smallest absolute Gasteiger partial charge is 0.144 e. The van der Waals surface area contributed by atoms with E-state index in [1.54, 1.807) is 13.0 Å². The molecule has 0 saturated heterocycles. The minimum absolute atomic E-state index is 0.0513. The van der Waals surface area contributed by atoms with E-state index < -0.39 is 11.6 Å². The van der Waals surface area contributed by atoms with Gasteiger partial charge in [0, 0.05) is 16.8 Å². The summed E-state index contributed by atoms with van der Waals surface area (Å²) in [7, 11) is 0. The number of phenolic OH excluding ortho intramolecular Hbond substituents is 1. The van der Waals surface area contributed by atoms with Crippen molar-refractivity contribution >= 4 is 10.8 Å². The van der Waals surface area contributed by atoms with Crippen LogP contribution in [0.2, 0.25) is 0 Å². The predicted molar refractivity (Wildman–Crippen MR) is 55.0 cm³/mol. The minimum atomic E-state index is -0.888. The molecule has 4 heteroatoms. The van der Waals surface area contributed by atoms with Crippen molar-refractivity contribution in [3.63, 3.8) is 0 Å². The van der Waals surface area contributed by atoms with Gasteiger partial charge in [-0.3, -0.25) is 0 Å². The highest BCUT2D eigenvalue weighted by Crippen LogP contribution is 2.30. The Morgan fingerprint density at radius 1 is 1.19 bits per heavy atom. The van der Waals surface area contributed by atoms with E-state index in [0.717, 1.165) is 0 Å². The van der Waals surface area contributed by atoms with Crippen LogP contribution in [0.1, 0.15) is 11.1 Å². The predicted octanol–water partition coefficient (Wildman–Crippen LogP) is 3.00. The minimum Gasteiger partial charge on any atom is -0.508 e. The zero-order chi connectivity index (χ0) is 11.9. The van der Waals surface area contributed by atoms with Gasteiger partial charge in [0.25, 0.3) is 0 Å². The first-order valence-corrected chi connectivity index (χ1v) is 4.56. The number of fused-ring (bicyclic) bond motifs is 1. The number of nitrogens with zero attached hydrogens (tertiary/aromatic N) is 1. The molecule has 0 atom stereocenters. The normalized spacial score (nSPS) is 10.4. The van der Waals surface area contributed by atoms with Gasteiger partial charge in [0.15, 0.2) is 0 Å². The highest BCUT2D eigenvalue weighted by molar-refractivity contribution is 5.92. The number of halogens is 2. The Labute approximate surface area is 90.4 Å². The van der Waals surface area contributed by atoms with E-state index in [1.807, 2.05) is 0 Å². The summed E-state index contributed by atoms with van der Waals surface area (Å²) in [6.07, 6.45) is 0. The average molecular weight is 219 g/mol. The van der Waals surface area contributed by atoms with Gasteiger partial charge in [-0.1, -0.05) is 0 Å². The van der Waals surface area contributed by atoms with Crippen LogP contribution in [0.3, 0.4) is 0 Å². The Morgan fingerprint density at radius 3 is 2.50 bits per heavy atom. The molecule has 2 aromatic rings. The fourth-order valence-corrected chi connectivity index (χ4v) is 1.78. The van der Waals surface area contributed by atoms with E-state index in [9.17, 15) is 13.9 Å². The van der Waals surface area contributed by atoms with Gasteiger partial charge in [0.05, 0.1) is 5.56 Å². The molecule has 0 radical (unpaired) electrons. The molecule has 2 aromatic carbocycles. The van der Waals surface area contributed by atoms with Gasteiger partial charge in [-0.25, -0.2) is 8.78 Å². The van der Waals surface area contributed by atoms with Crippen LogP contribution in [-0.2, 0) is 0 Å². The SMILES string of the molecule is Cc1cc(O)cc2c(F)cc(F)c(C#N)c12. The highest BCUT2D eigenvalue weighted by atomic mass is 19.1. The number of aryl methyl sites for hydroxylation is 1. The quantitative estimate of drug-likeness (QED) is 0.740. The fourth-order valence-electron chi connectivity index (χ4n) is 1.78. The van der Waals surface area contributed by atoms with Crippen molar-refractivity contribution in [1.82, 2.24) is 0 Å². The molecule has 0 spiro atoms. The molecule has 0 amide bonds. The molecule has 1 N–H and O–H groups in total. The maximum Gasteiger partial charge on any atom is 0.144 e. The maximum absolute atomic E-state index is 13.5. The molecule has 0 aliphatic heterocycles. The largest absolute Gasteiger partial charge is 0.508 e. The second-order valence-corrected chi connectivity index (χ2v) is 3.51. The van der Waals surface area contributed by atoms with Crippen molar-refractivity contribution in [2.24, 2.45) is 0 Å². The lowest BCUT2D eigenvalue weighted by molar-refractivity contribution is 0.475. The van der Waals surface area contributed by atoms with E-state index in [1.165, 1.54) is 12.1 Å². The summed E-state index contributed by atoms with van der Waals surface area (Å²) >= 11 is 0. The first-order valence-electron chi connectivity index (χ1n) is 4.56. The Morgan fingerprint density at radius 2 is 1.88 bits per heavy atom. The molecule has 0 fully saturated rings. The molecule has 0 aromatic heterocycles. The van der Waals surface area contributed by atoms with Crippen molar-refractivity contribution in [3.05, 3.63) is 41.0 Å². The number of phenols is 1. The Balaban J connectivity index is 3.07. The van der Waals surface area contributed by atoms with E-state index in [4.69, 9.17) is 5.26 Å². The molecule has 16 heavy (non-hydrogen) atoms. The van der Waals surface area contributed by atoms with Crippen LogP contribution in [0.4, 0.5) is 8.78 Å². The second kappa shape index (κ2) is 3.46. The number of nitriles is 1. The van der Waals surface area contributed by atoms with Gasteiger partial charge in [-0.2, -0.15) is 5.26 Å². The highest BCUT2D eigenvalue weighted by Gasteiger charge is 2.14. The van der Waals surface area contributed by atoms with Crippen LogP contribution in [0.5, 0.6) is 5.75 Å². The molecule has 0 saturated carbocycles. The van der Waals surface area contributed by atoms with Crippen LogP contribution in [0.25, 0.3) is 10.8 Å². The molecule has 0 aliphatic rings. The van der Waals surface area contributed by atoms with Gasteiger partial charge in [0.2, 0.25) is 0 Å².